The molecule has 0 atom stereocenters. The average Bonchev–Trinajstić information content (AvgIpc) is 2.28. The number of hydrogen-bond acceptors (Lipinski definition) is 2. The molecule has 0 radical (unpaired) electrons. The van der Waals surface area contributed by atoms with Crippen LogP contribution in [0.4, 0.5) is 0 Å². The van der Waals surface area contributed by atoms with E-state index in [1.54, 1.807) is 0 Å². The summed E-state index contributed by atoms with van der Waals surface area (Å²) in [7, 11) is 0. The van der Waals surface area contributed by atoms with Crippen molar-refractivity contribution in [2.24, 2.45) is 23.0 Å². The van der Waals surface area contributed by atoms with Gasteiger partial charge in [0.25, 0.3) is 0 Å². The normalized spacial score (nSPS) is 18.8. The molecule has 2 N–H and O–H groups in total. The highest BCUT2D eigenvalue weighted by Gasteiger charge is 2.32. The highest BCUT2D eigenvalue weighted by Crippen LogP contribution is 2.34. The Labute approximate surface area is 106 Å². The van der Waals surface area contributed by atoms with Crippen LogP contribution in [0.25, 0.3) is 0 Å². The first-order valence-corrected chi connectivity index (χ1v) is 6.84. The first-order valence-electron chi connectivity index (χ1n) is 6.84. The molecule has 1 aliphatic rings. The molecule has 1 heterocycles. The maximum absolute atomic E-state index is 11.9. The van der Waals surface area contributed by atoms with Crippen molar-refractivity contribution >= 4 is 5.91 Å². The molecular weight excluding hydrogens is 212 g/mol. The van der Waals surface area contributed by atoms with E-state index in [1.807, 2.05) is 4.90 Å². The van der Waals surface area contributed by atoms with Crippen LogP contribution in [0.2, 0.25) is 0 Å². The summed E-state index contributed by atoms with van der Waals surface area (Å²) in [5.74, 6) is 1.44. The highest BCUT2D eigenvalue weighted by atomic mass is 16.2. The lowest BCUT2D eigenvalue weighted by Gasteiger charge is -2.40. The first-order chi connectivity index (χ1) is 7.86. The van der Waals surface area contributed by atoms with Crippen LogP contribution in [0.5, 0.6) is 0 Å². The van der Waals surface area contributed by atoms with Crippen LogP contribution in [0.3, 0.4) is 0 Å². The Bertz CT molecular complexity index is 253. The van der Waals surface area contributed by atoms with Crippen molar-refractivity contribution in [3.63, 3.8) is 0 Å². The van der Waals surface area contributed by atoms with Crippen molar-refractivity contribution in [1.82, 2.24) is 4.90 Å². The smallest absolute Gasteiger partial charge is 0.222 e. The zero-order valence-electron chi connectivity index (χ0n) is 11.8. The van der Waals surface area contributed by atoms with Crippen LogP contribution in [-0.4, -0.2) is 30.4 Å². The van der Waals surface area contributed by atoms with Crippen LogP contribution in [0.1, 0.15) is 47.0 Å². The minimum absolute atomic E-state index is 0.215. The lowest BCUT2D eigenvalue weighted by Crippen LogP contribution is -2.44. The fourth-order valence-corrected chi connectivity index (χ4v) is 2.56. The van der Waals surface area contributed by atoms with Gasteiger partial charge < -0.3 is 10.6 Å². The zero-order chi connectivity index (χ0) is 13.1. The monoisotopic (exact) mass is 240 g/mol. The summed E-state index contributed by atoms with van der Waals surface area (Å²) in [5, 5.41) is 0. The number of nitrogens with two attached hydrogens (primary N) is 1. The number of rotatable bonds is 4. The first kappa shape index (κ1) is 14.5. The maximum Gasteiger partial charge on any atom is 0.222 e. The molecule has 0 spiro atoms. The SMILES string of the molecule is CC(C)CC(=O)N1CCC(C(C)(C)CN)CC1. The van der Waals surface area contributed by atoms with E-state index >= 15 is 0 Å². The molecule has 1 amide bonds. The minimum Gasteiger partial charge on any atom is -0.343 e. The van der Waals surface area contributed by atoms with Crippen molar-refractivity contribution in [1.29, 1.82) is 0 Å². The van der Waals surface area contributed by atoms with Crippen molar-refractivity contribution in [2.75, 3.05) is 19.6 Å². The summed E-state index contributed by atoms with van der Waals surface area (Å²) in [6, 6.07) is 0. The molecule has 17 heavy (non-hydrogen) atoms. The van der Waals surface area contributed by atoms with E-state index in [1.165, 1.54) is 0 Å². The molecule has 1 fully saturated rings. The third-order valence-corrected chi connectivity index (χ3v) is 4.06. The summed E-state index contributed by atoms with van der Waals surface area (Å²) in [4.78, 5) is 14.0. The summed E-state index contributed by atoms with van der Waals surface area (Å²) in [6.07, 6.45) is 2.90. The number of hydrogen-bond donors (Lipinski definition) is 1. The van der Waals surface area contributed by atoms with E-state index in [4.69, 9.17) is 5.73 Å². The van der Waals surface area contributed by atoms with Gasteiger partial charge in [-0.3, -0.25) is 4.79 Å². The van der Waals surface area contributed by atoms with Gasteiger partial charge in [0.15, 0.2) is 0 Å². The fourth-order valence-electron chi connectivity index (χ4n) is 2.56. The fraction of sp³-hybridized carbons (Fsp3) is 0.929. The third-order valence-electron chi connectivity index (χ3n) is 4.06. The Morgan fingerprint density at radius 3 is 2.29 bits per heavy atom. The molecule has 0 aromatic heterocycles. The van der Waals surface area contributed by atoms with Crippen LogP contribution in [-0.2, 0) is 4.79 Å². The van der Waals surface area contributed by atoms with Gasteiger partial charge in [-0.25, -0.2) is 0 Å². The van der Waals surface area contributed by atoms with Gasteiger partial charge in [-0.15, -0.1) is 0 Å². The molecule has 3 heteroatoms. The molecule has 1 saturated heterocycles. The standard InChI is InChI=1S/C14H28N2O/c1-11(2)9-13(17)16-7-5-12(6-8-16)14(3,4)10-15/h11-12H,5-10,15H2,1-4H3. The topological polar surface area (TPSA) is 46.3 Å². The predicted molar refractivity (Wildman–Crippen MR) is 71.6 cm³/mol. The van der Waals surface area contributed by atoms with Crippen LogP contribution in [0, 0.1) is 17.3 Å². The largest absolute Gasteiger partial charge is 0.343 e. The molecule has 1 rings (SSSR count). The summed E-state index contributed by atoms with van der Waals surface area (Å²) in [5.41, 5.74) is 6.03. The molecule has 0 aliphatic carbocycles. The number of likely N-dealkylation sites (tertiary alicyclic amines) is 1. The quantitative estimate of drug-likeness (QED) is 0.819. The van der Waals surface area contributed by atoms with E-state index in [0.29, 0.717) is 24.2 Å². The lowest BCUT2D eigenvalue weighted by molar-refractivity contribution is -0.133. The van der Waals surface area contributed by atoms with E-state index in [0.717, 1.165) is 32.5 Å². The van der Waals surface area contributed by atoms with Gasteiger partial charge >= 0.3 is 0 Å². The number of nitrogens with zero attached hydrogens (tertiary/aromatic N) is 1. The third kappa shape index (κ3) is 3.98. The summed E-state index contributed by atoms with van der Waals surface area (Å²) < 4.78 is 0. The second-order valence-electron chi connectivity index (χ2n) is 6.45. The van der Waals surface area contributed by atoms with E-state index in [9.17, 15) is 4.79 Å². The lowest BCUT2D eigenvalue weighted by atomic mass is 9.74. The Kier molecular flexibility index (Phi) is 4.99. The Morgan fingerprint density at radius 1 is 1.35 bits per heavy atom. The molecular formula is C14H28N2O. The average molecular weight is 240 g/mol. The second kappa shape index (κ2) is 5.85. The number of piperidine rings is 1. The Morgan fingerprint density at radius 2 is 1.88 bits per heavy atom. The summed E-state index contributed by atoms with van der Waals surface area (Å²) in [6.45, 7) is 11.2. The van der Waals surface area contributed by atoms with Gasteiger partial charge in [0.2, 0.25) is 5.91 Å². The van der Waals surface area contributed by atoms with Gasteiger partial charge in [-0.05, 0) is 36.6 Å². The van der Waals surface area contributed by atoms with Crippen molar-refractivity contribution in [3.05, 3.63) is 0 Å². The summed E-state index contributed by atoms with van der Waals surface area (Å²) >= 11 is 0. The molecule has 0 bridgehead atoms. The number of amides is 1. The molecule has 0 aromatic carbocycles. The molecule has 0 saturated carbocycles. The Hall–Kier alpha value is -0.570. The molecule has 100 valence electrons. The van der Waals surface area contributed by atoms with Gasteiger partial charge in [0.1, 0.15) is 0 Å². The molecule has 1 aliphatic heterocycles. The van der Waals surface area contributed by atoms with Crippen LogP contribution in [0.15, 0.2) is 0 Å². The highest BCUT2D eigenvalue weighted by molar-refractivity contribution is 5.76. The van der Waals surface area contributed by atoms with Crippen molar-refractivity contribution in [3.8, 4) is 0 Å². The minimum atomic E-state index is 0.215. The predicted octanol–water partition coefficient (Wildman–Crippen LogP) is 2.26. The van der Waals surface area contributed by atoms with Gasteiger partial charge in [-0.1, -0.05) is 27.7 Å². The molecule has 0 unspecified atom stereocenters. The maximum atomic E-state index is 11.9. The van der Waals surface area contributed by atoms with Gasteiger partial charge in [0.05, 0.1) is 0 Å². The van der Waals surface area contributed by atoms with Gasteiger partial charge in [0, 0.05) is 19.5 Å². The molecule has 3 nitrogen and oxygen atoms in total. The number of carbonyl (C=O) groups excluding carboxylic acids is 1. The van der Waals surface area contributed by atoms with Crippen LogP contribution < -0.4 is 5.73 Å². The van der Waals surface area contributed by atoms with Crippen molar-refractivity contribution < 1.29 is 4.79 Å². The molecule has 0 aromatic rings. The van der Waals surface area contributed by atoms with Crippen molar-refractivity contribution in [2.45, 2.75) is 47.0 Å². The van der Waals surface area contributed by atoms with E-state index in [-0.39, 0.29) is 5.41 Å². The van der Waals surface area contributed by atoms with E-state index < -0.39 is 0 Å². The van der Waals surface area contributed by atoms with E-state index in [2.05, 4.69) is 27.7 Å². The van der Waals surface area contributed by atoms with Crippen LogP contribution >= 0.6 is 0 Å². The van der Waals surface area contributed by atoms with Gasteiger partial charge in [-0.2, -0.15) is 0 Å². The Balaban J connectivity index is 2.43. The second-order valence-corrected chi connectivity index (χ2v) is 6.45. The number of carbonyl (C=O) groups is 1. The zero-order valence-corrected chi connectivity index (χ0v) is 11.8.